The summed E-state index contributed by atoms with van der Waals surface area (Å²) in [6, 6.07) is 13.4. The largest absolute Gasteiger partial charge is 0.481 e. The highest BCUT2D eigenvalue weighted by molar-refractivity contribution is 5.81. The lowest BCUT2D eigenvalue weighted by atomic mass is 10.2. The van der Waals surface area contributed by atoms with E-state index in [4.69, 9.17) is 4.74 Å². The van der Waals surface area contributed by atoms with E-state index in [9.17, 15) is 4.79 Å². The number of hydrogen-bond acceptors (Lipinski definition) is 6. The number of anilines is 1. The molecule has 3 heterocycles. The standard InChI is InChI=1S/C22H26N6O2/c1-16-13-17(2)28(25-16)21-14-20(23-15-24-21)26-9-11-27(12-10-26)22(29)18(3)30-19-7-5-4-6-8-19/h4-8,13-15,18H,9-12H2,1-3H3. The smallest absolute Gasteiger partial charge is 0.263 e. The molecule has 0 saturated carbocycles. The molecule has 1 saturated heterocycles. The molecule has 8 nitrogen and oxygen atoms in total. The molecule has 1 aromatic carbocycles. The van der Waals surface area contributed by atoms with E-state index >= 15 is 0 Å². The van der Waals surface area contributed by atoms with Gasteiger partial charge in [0.05, 0.1) is 5.69 Å². The Morgan fingerprint density at radius 1 is 1.00 bits per heavy atom. The molecule has 1 unspecified atom stereocenters. The van der Waals surface area contributed by atoms with Crippen molar-refractivity contribution in [3.05, 3.63) is 60.2 Å². The highest BCUT2D eigenvalue weighted by atomic mass is 16.5. The van der Waals surface area contributed by atoms with Crippen molar-refractivity contribution in [2.24, 2.45) is 0 Å². The first-order chi connectivity index (χ1) is 14.5. The Kier molecular flexibility index (Phi) is 5.65. The molecule has 1 aliphatic rings. The van der Waals surface area contributed by atoms with Gasteiger partial charge >= 0.3 is 0 Å². The van der Waals surface area contributed by atoms with Crippen molar-refractivity contribution in [2.45, 2.75) is 26.9 Å². The first-order valence-corrected chi connectivity index (χ1v) is 10.1. The van der Waals surface area contributed by atoms with E-state index in [0.29, 0.717) is 31.9 Å². The van der Waals surface area contributed by atoms with Gasteiger partial charge in [-0.1, -0.05) is 18.2 Å². The minimum Gasteiger partial charge on any atom is -0.481 e. The van der Waals surface area contributed by atoms with E-state index in [1.807, 2.05) is 65.9 Å². The van der Waals surface area contributed by atoms with Crippen LogP contribution in [0.25, 0.3) is 5.82 Å². The van der Waals surface area contributed by atoms with Gasteiger partial charge in [-0.3, -0.25) is 4.79 Å². The van der Waals surface area contributed by atoms with Crippen molar-refractivity contribution in [1.82, 2.24) is 24.6 Å². The third-order valence-electron chi connectivity index (χ3n) is 5.18. The molecule has 1 atom stereocenters. The number of aromatic nitrogens is 4. The van der Waals surface area contributed by atoms with Crippen LogP contribution in [0.5, 0.6) is 5.75 Å². The molecule has 1 aliphatic heterocycles. The quantitative estimate of drug-likeness (QED) is 0.648. The molecule has 0 spiro atoms. The zero-order chi connectivity index (χ0) is 21.1. The van der Waals surface area contributed by atoms with Crippen LogP contribution in [0.15, 0.2) is 48.8 Å². The second-order valence-electron chi connectivity index (χ2n) is 7.46. The maximum absolute atomic E-state index is 12.8. The Bertz CT molecular complexity index is 1010. The van der Waals surface area contributed by atoms with Crippen molar-refractivity contribution < 1.29 is 9.53 Å². The molecule has 1 amide bonds. The molecule has 0 radical (unpaired) electrons. The minimum absolute atomic E-state index is 0.00419. The zero-order valence-electron chi connectivity index (χ0n) is 17.5. The summed E-state index contributed by atoms with van der Waals surface area (Å²) >= 11 is 0. The maximum atomic E-state index is 12.8. The van der Waals surface area contributed by atoms with E-state index in [1.165, 1.54) is 0 Å². The van der Waals surface area contributed by atoms with Gasteiger partial charge in [0.1, 0.15) is 17.9 Å². The summed E-state index contributed by atoms with van der Waals surface area (Å²) in [7, 11) is 0. The Morgan fingerprint density at radius 3 is 2.37 bits per heavy atom. The van der Waals surface area contributed by atoms with Crippen LogP contribution in [-0.2, 0) is 4.79 Å². The Morgan fingerprint density at radius 2 is 1.70 bits per heavy atom. The van der Waals surface area contributed by atoms with Gasteiger partial charge in [-0.2, -0.15) is 5.10 Å². The zero-order valence-corrected chi connectivity index (χ0v) is 17.5. The molecular formula is C22H26N6O2. The second-order valence-corrected chi connectivity index (χ2v) is 7.46. The number of carbonyl (C=O) groups excluding carboxylic acids is 1. The normalized spacial score (nSPS) is 15.2. The lowest BCUT2D eigenvalue weighted by Gasteiger charge is -2.36. The number of nitrogens with zero attached hydrogens (tertiary/aromatic N) is 6. The summed E-state index contributed by atoms with van der Waals surface area (Å²) in [5.41, 5.74) is 1.98. The van der Waals surface area contributed by atoms with Gasteiger partial charge in [0.25, 0.3) is 5.91 Å². The van der Waals surface area contributed by atoms with Crippen LogP contribution in [0.3, 0.4) is 0 Å². The molecular weight excluding hydrogens is 380 g/mol. The van der Waals surface area contributed by atoms with E-state index in [2.05, 4.69) is 20.0 Å². The minimum atomic E-state index is -0.518. The molecule has 30 heavy (non-hydrogen) atoms. The number of hydrogen-bond donors (Lipinski definition) is 0. The fraction of sp³-hybridized carbons (Fsp3) is 0.364. The number of amides is 1. The maximum Gasteiger partial charge on any atom is 0.263 e. The summed E-state index contributed by atoms with van der Waals surface area (Å²) in [6.07, 6.45) is 1.05. The summed E-state index contributed by atoms with van der Waals surface area (Å²) in [5.74, 6) is 2.29. The van der Waals surface area contributed by atoms with Crippen LogP contribution in [0.4, 0.5) is 5.82 Å². The highest BCUT2D eigenvalue weighted by Crippen LogP contribution is 2.18. The van der Waals surface area contributed by atoms with E-state index in [0.717, 1.165) is 23.0 Å². The number of benzene rings is 1. The summed E-state index contributed by atoms with van der Waals surface area (Å²) < 4.78 is 7.61. The van der Waals surface area contributed by atoms with Gasteiger partial charge in [0, 0.05) is 37.9 Å². The molecule has 0 aliphatic carbocycles. The molecule has 0 bridgehead atoms. The van der Waals surface area contributed by atoms with Crippen LogP contribution in [0, 0.1) is 13.8 Å². The molecule has 3 aromatic rings. The Labute approximate surface area is 176 Å². The molecule has 0 N–H and O–H groups in total. The predicted octanol–water partition coefficient (Wildman–Crippen LogP) is 2.40. The van der Waals surface area contributed by atoms with Gasteiger partial charge in [0.15, 0.2) is 11.9 Å². The number of carbonyl (C=O) groups is 1. The average Bonchev–Trinajstić information content (AvgIpc) is 3.12. The van der Waals surface area contributed by atoms with Crippen LogP contribution in [-0.4, -0.2) is 62.8 Å². The van der Waals surface area contributed by atoms with E-state index in [1.54, 1.807) is 13.3 Å². The Hall–Kier alpha value is -3.42. The molecule has 8 heteroatoms. The third kappa shape index (κ3) is 4.27. The second kappa shape index (κ2) is 8.52. The molecule has 2 aromatic heterocycles. The monoisotopic (exact) mass is 406 g/mol. The third-order valence-corrected chi connectivity index (χ3v) is 5.18. The number of rotatable bonds is 5. The van der Waals surface area contributed by atoms with Gasteiger partial charge in [-0.25, -0.2) is 14.6 Å². The van der Waals surface area contributed by atoms with Crippen molar-refractivity contribution in [1.29, 1.82) is 0 Å². The molecule has 156 valence electrons. The molecule has 4 rings (SSSR count). The number of aryl methyl sites for hydroxylation is 2. The van der Waals surface area contributed by atoms with Crippen LogP contribution < -0.4 is 9.64 Å². The highest BCUT2D eigenvalue weighted by Gasteiger charge is 2.26. The first kappa shape index (κ1) is 19.9. The van der Waals surface area contributed by atoms with Gasteiger partial charge in [-0.15, -0.1) is 0 Å². The average molecular weight is 406 g/mol. The summed E-state index contributed by atoms with van der Waals surface area (Å²) in [4.78, 5) is 25.6. The van der Waals surface area contributed by atoms with Crippen LogP contribution in [0.1, 0.15) is 18.3 Å². The van der Waals surface area contributed by atoms with Crippen molar-refractivity contribution in [3.63, 3.8) is 0 Å². The van der Waals surface area contributed by atoms with Crippen molar-refractivity contribution >= 4 is 11.7 Å². The number of piperazine rings is 1. The lowest BCUT2D eigenvalue weighted by molar-refractivity contribution is -0.138. The molecule has 1 fully saturated rings. The van der Waals surface area contributed by atoms with Crippen LogP contribution in [0.2, 0.25) is 0 Å². The fourth-order valence-corrected chi connectivity index (χ4v) is 3.65. The van der Waals surface area contributed by atoms with Gasteiger partial charge in [-0.05, 0) is 39.0 Å². The summed E-state index contributed by atoms with van der Waals surface area (Å²) in [5, 5.41) is 4.50. The number of para-hydroxylation sites is 1. The fourth-order valence-electron chi connectivity index (χ4n) is 3.65. The first-order valence-electron chi connectivity index (χ1n) is 10.1. The summed E-state index contributed by atoms with van der Waals surface area (Å²) in [6.45, 7) is 8.43. The van der Waals surface area contributed by atoms with Crippen LogP contribution >= 0.6 is 0 Å². The van der Waals surface area contributed by atoms with Gasteiger partial charge < -0.3 is 14.5 Å². The topological polar surface area (TPSA) is 76.4 Å². The van der Waals surface area contributed by atoms with Gasteiger partial charge in [0.2, 0.25) is 0 Å². The predicted molar refractivity (Wildman–Crippen MR) is 114 cm³/mol. The van der Waals surface area contributed by atoms with E-state index in [-0.39, 0.29) is 5.91 Å². The Balaban J connectivity index is 1.38. The van der Waals surface area contributed by atoms with Crippen molar-refractivity contribution in [3.8, 4) is 11.6 Å². The number of ether oxygens (including phenoxy) is 1. The SMILES string of the molecule is Cc1cc(C)n(-c2cc(N3CCN(C(=O)C(C)Oc4ccccc4)CC3)ncn2)n1. The van der Waals surface area contributed by atoms with Crippen molar-refractivity contribution in [2.75, 3.05) is 31.1 Å². The van der Waals surface area contributed by atoms with E-state index < -0.39 is 6.10 Å². The lowest BCUT2D eigenvalue weighted by Crippen LogP contribution is -2.52.